The van der Waals surface area contributed by atoms with Crippen molar-refractivity contribution in [1.82, 2.24) is 0 Å². The zero-order chi connectivity index (χ0) is 43.7. The molecule has 0 aliphatic carbocycles. The van der Waals surface area contributed by atoms with Gasteiger partial charge in [-0.2, -0.15) is 0 Å². The molecule has 0 bridgehead atoms. The fourth-order valence-corrected chi connectivity index (χ4v) is 7.11. The van der Waals surface area contributed by atoms with E-state index in [0.29, 0.717) is 19.3 Å². The Hall–Kier alpha value is -2.89. The SMILES string of the molecule is CC\C=C/C=C\C=C/C=C\C=C/CCCCCC(=O)OC(COC(=O)CCCCCCCCCCCC)COC(=O)CCCCCCCCCCCCCCCCCCC. The first-order valence-electron chi connectivity index (χ1n) is 25.4. The molecule has 6 heteroatoms. The molecule has 0 aliphatic rings. The number of carbonyl (C=O) groups is 3. The van der Waals surface area contributed by atoms with Crippen molar-refractivity contribution in [3.05, 3.63) is 60.8 Å². The summed E-state index contributed by atoms with van der Waals surface area (Å²) in [5.74, 6) is -0.926. The van der Waals surface area contributed by atoms with Crippen LogP contribution in [0.4, 0.5) is 0 Å². The van der Waals surface area contributed by atoms with Crippen molar-refractivity contribution in [2.75, 3.05) is 13.2 Å². The Morgan fingerprint density at radius 2 is 0.650 bits per heavy atom. The van der Waals surface area contributed by atoms with Crippen LogP contribution in [0.2, 0.25) is 0 Å². The van der Waals surface area contributed by atoms with E-state index in [4.69, 9.17) is 14.2 Å². The molecule has 0 aromatic heterocycles. The third-order valence-corrected chi connectivity index (χ3v) is 10.9. The molecule has 0 rings (SSSR count). The van der Waals surface area contributed by atoms with Gasteiger partial charge in [0.25, 0.3) is 0 Å². The third kappa shape index (κ3) is 46.2. The van der Waals surface area contributed by atoms with Crippen LogP contribution < -0.4 is 0 Å². The summed E-state index contributed by atoms with van der Waals surface area (Å²) in [6.07, 6.45) is 59.2. The normalized spacial score (nSPS) is 12.5. The number of carbonyl (C=O) groups excluding carboxylic acids is 3. The lowest BCUT2D eigenvalue weighted by Crippen LogP contribution is -2.30. The molecule has 0 saturated heterocycles. The van der Waals surface area contributed by atoms with Gasteiger partial charge in [0.1, 0.15) is 13.2 Å². The Bertz CT molecular complexity index is 1100. The first-order chi connectivity index (χ1) is 29.5. The van der Waals surface area contributed by atoms with E-state index < -0.39 is 6.10 Å². The molecule has 0 aliphatic heterocycles. The number of ether oxygens (including phenoxy) is 3. The Kier molecular flexibility index (Phi) is 46.4. The average Bonchev–Trinajstić information content (AvgIpc) is 3.24. The predicted molar refractivity (Wildman–Crippen MR) is 256 cm³/mol. The largest absolute Gasteiger partial charge is 0.462 e. The van der Waals surface area contributed by atoms with Crippen LogP contribution in [0.25, 0.3) is 0 Å². The van der Waals surface area contributed by atoms with Gasteiger partial charge in [0.15, 0.2) is 6.10 Å². The van der Waals surface area contributed by atoms with Crippen molar-refractivity contribution >= 4 is 17.9 Å². The van der Waals surface area contributed by atoms with Gasteiger partial charge in [-0.15, -0.1) is 0 Å². The second kappa shape index (κ2) is 48.8. The smallest absolute Gasteiger partial charge is 0.306 e. The second-order valence-corrected chi connectivity index (χ2v) is 16.8. The highest BCUT2D eigenvalue weighted by Gasteiger charge is 2.19. The van der Waals surface area contributed by atoms with Gasteiger partial charge in [-0.3, -0.25) is 14.4 Å². The molecule has 0 saturated carbocycles. The molecule has 1 unspecified atom stereocenters. The zero-order valence-corrected chi connectivity index (χ0v) is 39.5. The lowest BCUT2D eigenvalue weighted by Gasteiger charge is -2.18. The van der Waals surface area contributed by atoms with Gasteiger partial charge < -0.3 is 14.2 Å². The maximum absolute atomic E-state index is 12.8. The van der Waals surface area contributed by atoms with E-state index in [1.165, 1.54) is 135 Å². The third-order valence-electron chi connectivity index (χ3n) is 10.9. The number of hydrogen-bond donors (Lipinski definition) is 0. The van der Waals surface area contributed by atoms with Gasteiger partial charge in [-0.1, -0.05) is 248 Å². The van der Waals surface area contributed by atoms with Crippen molar-refractivity contribution < 1.29 is 28.6 Å². The van der Waals surface area contributed by atoms with E-state index in [2.05, 4.69) is 32.9 Å². The summed E-state index contributed by atoms with van der Waals surface area (Å²) in [5, 5.41) is 0. The molecule has 60 heavy (non-hydrogen) atoms. The molecule has 0 N–H and O–H groups in total. The summed E-state index contributed by atoms with van der Waals surface area (Å²) < 4.78 is 16.7. The highest BCUT2D eigenvalue weighted by Crippen LogP contribution is 2.16. The molecule has 0 fully saturated rings. The topological polar surface area (TPSA) is 78.9 Å². The minimum Gasteiger partial charge on any atom is -0.462 e. The molecular weight excluding hydrogens is 745 g/mol. The molecule has 0 heterocycles. The van der Waals surface area contributed by atoms with Crippen molar-refractivity contribution in [3.63, 3.8) is 0 Å². The Balaban J connectivity index is 4.39. The van der Waals surface area contributed by atoms with E-state index in [-0.39, 0.29) is 37.5 Å². The van der Waals surface area contributed by atoms with Crippen LogP contribution in [0, 0.1) is 0 Å². The van der Waals surface area contributed by atoms with E-state index in [0.717, 1.165) is 64.2 Å². The van der Waals surface area contributed by atoms with Gasteiger partial charge in [0, 0.05) is 19.3 Å². The van der Waals surface area contributed by atoms with Gasteiger partial charge in [0.2, 0.25) is 0 Å². The molecule has 0 aromatic rings. The maximum Gasteiger partial charge on any atom is 0.306 e. The molecule has 0 aromatic carbocycles. The molecule has 0 radical (unpaired) electrons. The van der Waals surface area contributed by atoms with E-state index in [9.17, 15) is 14.4 Å². The van der Waals surface area contributed by atoms with E-state index in [1.807, 2.05) is 48.6 Å². The van der Waals surface area contributed by atoms with Crippen LogP contribution in [-0.2, 0) is 28.6 Å². The molecular formula is C54H94O6. The second-order valence-electron chi connectivity index (χ2n) is 16.8. The predicted octanol–water partition coefficient (Wildman–Crippen LogP) is 16.5. The quantitative estimate of drug-likeness (QED) is 0.0263. The number of rotatable bonds is 45. The minimum atomic E-state index is -0.791. The molecule has 0 amide bonds. The van der Waals surface area contributed by atoms with Crippen LogP contribution in [0.3, 0.4) is 0 Å². The van der Waals surface area contributed by atoms with E-state index >= 15 is 0 Å². The van der Waals surface area contributed by atoms with Crippen molar-refractivity contribution in [2.24, 2.45) is 0 Å². The lowest BCUT2D eigenvalue weighted by atomic mass is 10.0. The van der Waals surface area contributed by atoms with Crippen LogP contribution >= 0.6 is 0 Å². The summed E-state index contributed by atoms with van der Waals surface area (Å²) in [7, 11) is 0. The minimum absolute atomic E-state index is 0.0885. The van der Waals surface area contributed by atoms with Gasteiger partial charge in [-0.25, -0.2) is 0 Å². The number of unbranched alkanes of at least 4 members (excludes halogenated alkanes) is 28. The summed E-state index contributed by atoms with van der Waals surface area (Å²) in [5.41, 5.74) is 0. The van der Waals surface area contributed by atoms with Crippen molar-refractivity contribution in [1.29, 1.82) is 0 Å². The fraction of sp³-hybridized carbons (Fsp3) is 0.759. The highest BCUT2D eigenvalue weighted by molar-refractivity contribution is 5.71. The lowest BCUT2D eigenvalue weighted by molar-refractivity contribution is -0.167. The standard InChI is InChI=1S/C54H94O6/c1-4-7-10-13-16-19-22-24-26-27-29-30-32-35-38-41-44-47-53(56)59-50-51(49-58-52(55)46-43-40-37-34-21-18-15-12-9-6-3)60-54(57)48-45-42-39-36-33-31-28-25-23-20-17-14-11-8-5-2/h8,11,14,17,20,23,25,28,31,33,51H,4-7,9-10,12-13,15-16,18-19,21-22,24,26-27,29-30,32,34-50H2,1-3H3/b11-8-,17-14-,23-20-,28-25-,33-31-. The summed E-state index contributed by atoms with van der Waals surface area (Å²) in [4.78, 5) is 37.9. The van der Waals surface area contributed by atoms with Crippen LogP contribution in [0.5, 0.6) is 0 Å². The van der Waals surface area contributed by atoms with Gasteiger partial charge in [-0.05, 0) is 38.5 Å². The van der Waals surface area contributed by atoms with Crippen molar-refractivity contribution in [3.8, 4) is 0 Å². The molecule has 6 nitrogen and oxygen atoms in total. The monoisotopic (exact) mass is 839 g/mol. The Labute approximate surface area is 370 Å². The molecule has 0 spiro atoms. The summed E-state index contributed by atoms with van der Waals surface area (Å²) in [6, 6.07) is 0. The molecule has 1 atom stereocenters. The van der Waals surface area contributed by atoms with Gasteiger partial charge >= 0.3 is 17.9 Å². The Morgan fingerprint density at radius 3 is 1.02 bits per heavy atom. The first kappa shape index (κ1) is 57.1. The number of hydrogen-bond acceptors (Lipinski definition) is 6. The highest BCUT2D eigenvalue weighted by atomic mass is 16.6. The molecule has 346 valence electrons. The summed E-state index contributed by atoms with van der Waals surface area (Å²) in [6.45, 7) is 6.46. The zero-order valence-electron chi connectivity index (χ0n) is 39.5. The van der Waals surface area contributed by atoms with Crippen LogP contribution in [0.1, 0.15) is 245 Å². The van der Waals surface area contributed by atoms with Crippen LogP contribution in [-0.4, -0.2) is 37.2 Å². The van der Waals surface area contributed by atoms with Crippen molar-refractivity contribution in [2.45, 2.75) is 252 Å². The maximum atomic E-state index is 12.8. The van der Waals surface area contributed by atoms with Gasteiger partial charge in [0.05, 0.1) is 0 Å². The number of allylic oxidation sites excluding steroid dienone is 10. The average molecular weight is 839 g/mol. The van der Waals surface area contributed by atoms with E-state index in [1.54, 1.807) is 0 Å². The summed E-state index contributed by atoms with van der Waals surface area (Å²) >= 11 is 0. The Morgan fingerprint density at radius 1 is 0.350 bits per heavy atom. The fourth-order valence-electron chi connectivity index (χ4n) is 7.11. The first-order valence-corrected chi connectivity index (χ1v) is 25.4. The number of esters is 3. The van der Waals surface area contributed by atoms with Crippen LogP contribution in [0.15, 0.2) is 60.8 Å².